The van der Waals surface area contributed by atoms with Gasteiger partial charge in [0.1, 0.15) is 5.69 Å². The Labute approximate surface area is 103 Å². The Morgan fingerprint density at radius 2 is 2.06 bits per heavy atom. The average molecular weight is 248 g/mol. The number of carboxylic acid groups (broad SMARTS) is 1. The zero-order valence-electron chi connectivity index (χ0n) is 9.30. The molecule has 4 nitrogen and oxygen atoms in total. The lowest BCUT2D eigenvalue weighted by Gasteiger charge is -2.01. The maximum Gasteiger partial charge on any atom is 0.349 e. The molecule has 2 rings (SSSR count). The number of benzene rings is 1. The molecule has 0 atom stereocenters. The number of aryl methyl sites for hydroxylation is 1. The molecule has 1 heterocycles. The quantitative estimate of drug-likeness (QED) is 0.875. The lowest BCUT2D eigenvalue weighted by Crippen LogP contribution is -1.98. The van der Waals surface area contributed by atoms with Gasteiger partial charge >= 0.3 is 5.97 Å². The number of nitrogen functional groups attached to an aromatic ring is 1. The molecule has 0 saturated heterocycles. The van der Waals surface area contributed by atoms with E-state index in [0.29, 0.717) is 5.69 Å². The highest BCUT2D eigenvalue weighted by molar-refractivity contribution is 7.09. The molecule has 5 heteroatoms. The van der Waals surface area contributed by atoms with E-state index in [4.69, 9.17) is 10.8 Å². The molecule has 0 aliphatic heterocycles. The molecule has 0 unspecified atom stereocenters. The van der Waals surface area contributed by atoms with Crippen molar-refractivity contribution in [3.05, 3.63) is 34.7 Å². The summed E-state index contributed by atoms with van der Waals surface area (Å²) in [5, 5.41) is 8.90. The fourth-order valence-corrected chi connectivity index (χ4v) is 2.22. The highest BCUT2D eigenvalue weighted by Gasteiger charge is 2.17. The van der Waals surface area contributed by atoms with Crippen molar-refractivity contribution < 1.29 is 9.90 Å². The van der Waals surface area contributed by atoms with Crippen LogP contribution in [0.5, 0.6) is 0 Å². The monoisotopic (exact) mass is 248 g/mol. The van der Waals surface area contributed by atoms with E-state index >= 15 is 0 Å². The number of aromatic nitrogens is 1. The Kier molecular flexibility index (Phi) is 3.10. The van der Waals surface area contributed by atoms with Crippen molar-refractivity contribution in [1.29, 1.82) is 0 Å². The van der Waals surface area contributed by atoms with Crippen LogP contribution in [0, 0.1) is 0 Å². The molecule has 0 bridgehead atoms. The third-order valence-corrected chi connectivity index (χ3v) is 3.41. The molecule has 0 spiro atoms. The molecule has 0 aliphatic rings. The van der Waals surface area contributed by atoms with Gasteiger partial charge in [-0.2, -0.15) is 4.37 Å². The summed E-state index contributed by atoms with van der Waals surface area (Å²) < 4.78 is 4.10. The number of nitrogens with zero attached hydrogens (tertiary/aromatic N) is 1. The summed E-state index contributed by atoms with van der Waals surface area (Å²) in [7, 11) is 0. The van der Waals surface area contributed by atoms with Crippen LogP contribution in [0.15, 0.2) is 24.3 Å². The first-order valence-electron chi connectivity index (χ1n) is 5.21. The zero-order valence-corrected chi connectivity index (χ0v) is 10.1. The minimum absolute atomic E-state index is 0.0968. The number of hydrogen-bond donors (Lipinski definition) is 2. The van der Waals surface area contributed by atoms with E-state index in [0.717, 1.165) is 23.5 Å². The second-order valence-corrected chi connectivity index (χ2v) is 4.40. The van der Waals surface area contributed by atoms with Crippen LogP contribution in [-0.2, 0) is 6.42 Å². The molecule has 0 amide bonds. The fourth-order valence-electron chi connectivity index (χ4n) is 1.56. The maximum atomic E-state index is 10.9. The van der Waals surface area contributed by atoms with Crippen LogP contribution in [-0.4, -0.2) is 15.4 Å². The van der Waals surface area contributed by atoms with Crippen LogP contribution >= 0.6 is 11.5 Å². The molecule has 0 radical (unpaired) electrons. The van der Waals surface area contributed by atoms with Crippen LogP contribution in [0.25, 0.3) is 11.3 Å². The van der Waals surface area contributed by atoms with Crippen LogP contribution in [0.4, 0.5) is 5.69 Å². The number of rotatable bonds is 3. The van der Waals surface area contributed by atoms with E-state index in [2.05, 4.69) is 11.3 Å². The van der Waals surface area contributed by atoms with Crippen molar-refractivity contribution in [2.24, 2.45) is 0 Å². The maximum absolute atomic E-state index is 10.9. The van der Waals surface area contributed by atoms with E-state index < -0.39 is 5.97 Å². The molecule has 0 saturated carbocycles. The van der Waals surface area contributed by atoms with Gasteiger partial charge in [0, 0.05) is 5.56 Å². The Hall–Kier alpha value is -1.88. The number of aromatic carboxylic acids is 1. The first-order valence-corrected chi connectivity index (χ1v) is 5.98. The van der Waals surface area contributed by atoms with Gasteiger partial charge in [0.15, 0.2) is 4.88 Å². The number of carboxylic acids is 1. The highest BCUT2D eigenvalue weighted by atomic mass is 32.1. The van der Waals surface area contributed by atoms with Crippen LogP contribution in [0.2, 0.25) is 0 Å². The van der Waals surface area contributed by atoms with E-state index in [-0.39, 0.29) is 10.6 Å². The summed E-state index contributed by atoms with van der Waals surface area (Å²) in [5.41, 5.74) is 8.64. The average Bonchev–Trinajstić information content (AvgIpc) is 2.71. The molecule has 2 aromatic rings. The van der Waals surface area contributed by atoms with Gasteiger partial charge in [0.25, 0.3) is 0 Å². The van der Waals surface area contributed by atoms with Gasteiger partial charge in [-0.1, -0.05) is 31.2 Å². The minimum Gasteiger partial charge on any atom is -0.477 e. The molecule has 88 valence electrons. The van der Waals surface area contributed by atoms with Gasteiger partial charge in [-0.3, -0.25) is 0 Å². The summed E-state index contributed by atoms with van der Waals surface area (Å²) in [6, 6.07) is 7.81. The van der Waals surface area contributed by atoms with Crippen molar-refractivity contribution in [1.82, 2.24) is 4.37 Å². The molecular formula is C12H12N2O2S. The Bertz CT molecular complexity index is 546. The third kappa shape index (κ3) is 2.14. The smallest absolute Gasteiger partial charge is 0.349 e. The van der Waals surface area contributed by atoms with Crippen molar-refractivity contribution in [2.45, 2.75) is 13.3 Å². The minimum atomic E-state index is -1.03. The van der Waals surface area contributed by atoms with Crippen molar-refractivity contribution >= 4 is 23.2 Å². The van der Waals surface area contributed by atoms with E-state index in [1.54, 1.807) is 0 Å². The lowest BCUT2D eigenvalue weighted by molar-refractivity contribution is 0.0703. The second-order valence-electron chi connectivity index (χ2n) is 3.63. The number of nitrogens with two attached hydrogens (primary N) is 1. The first kappa shape index (κ1) is 11.6. The zero-order chi connectivity index (χ0) is 12.4. The second kappa shape index (κ2) is 4.55. The number of hydrogen-bond acceptors (Lipinski definition) is 4. The largest absolute Gasteiger partial charge is 0.477 e. The van der Waals surface area contributed by atoms with Gasteiger partial charge in [-0.15, -0.1) is 0 Å². The molecule has 17 heavy (non-hydrogen) atoms. The van der Waals surface area contributed by atoms with Gasteiger partial charge in [0.2, 0.25) is 0 Å². The van der Waals surface area contributed by atoms with Crippen LogP contribution in [0.1, 0.15) is 22.2 Å². The van der Waals surface area contributed by atoms with Gasteiger partial charge < -0.3 is 10.8 Å². The normalized spacial score (nSPS) is 10.4. The summed E-state index contributed by atoms with van der Waals surface area (Å²) in [6.45, 7) is 2.08. The van der Waals surface area contributed by atoms with Crippen LogP contribution < -0.4 is 5.73 Å². The van der Waals surface area contributed by atoms with E-state index in [1.165, 1.54) is 5.56 Å². The lowest BCUT2D eigenvalue weighted by atomic mass is 10.1. The van der Waals surface area contributed by atoms with Crippen molar-refractivity contribution in [3.8, 4) is 11.3 Å². The van der Waals surface area contributed by atoms with E-state index in [9.17, 15) is 4.79 Å². The molecule has 0 fully saturated rings. The van der Waals surface area contributed by atoms with Gasteiger partial charge in [-0.05, 0) is 23.5 Å². The SMILES string of the molecule is CCc1ccc(-c2nsc(C(=O)O)c2N)cc1. The number of anilines is 1. The molecule has 0 aliphatic carbocycles. The summed E-state index contributed by atoms with van der Waals surface area (Å²) >= 11 is 0.915. The molecular weight excluding hydrogens is 236 g/mol. The van der Waals surface area contributed by atoms with Crippen LogP contribution in [0.3, 0.4) is 0 Å². The van der Waals surface area contributed by atoms with Crippen molar-refractivity contribution in [2.75, 3.05) is 5.73 Å². The van der Waals surface area contributed by atoms with Gasteiger partial charge in [-0.25, -0.2) is 4.79 Å². The Morgan fingerprint density at radius 1 is 1.41 bits per heavy atom. The standard InChI is InChI=1S/C12H12N2O2S/c1-2-7-3-5-8(6-4-7)10-9(13)11(12(15)16)17-14-10/h3-6H,2,13H2,1H3,(H,15,16). The summed E-state index contributed by atoms with van der Waals surface area (Å²) in [6.07, 6.45) is 0.965. The summed E-state index contributed by atoms with van der Waals surface area (Å²) in [5.74, 6) is -1.03. The third-order valence-electron chi connectivity index (χ3n) is 2.56. The van der Waals surface area contributed by atoms with Gasteiger partial charge in [0.05, 0.1) is 5.69 Å². The summed E-state index contributed by atoms with van der Waals surface area (Å²) in [4.78, 5) is 11.0. The van der Waals surface area contributed by atoms with E-state index in [1.807, 2.05) is 24.3 Å². The molecule has 1 aromatic heterocycles. The first-order chi connectivity index (χ1) is 8.13. The topological polar surface area (TPSA) is 76.2 Å². The highest BCUT2D eigenvalue weighted by Crippen LogP contribution is 2.30. The predicted molar refractivity (Wildman–Crippen MR) is 68.3 cm³/mol. The molecule has 1 aromatic carbocycles. The fraction of sp³-hybridized carbons (Fsp3) is 0.167. The Balaban J connectivity index is 2.42. The van der Waals surface area contributed by atoms with Crippen molar-refractivity contribution in [3.63, 3.8) is 0 Å². The number of carbonyl (C=O) groups is 1. The predicted octanol–water partition coefficient (Wildman–Crippen LogP) is 2.65. The Morgan fingerprint density at radius 3 is 2.53 bits per heavy atom. The molecule has 3 N–H and O–H groups in total.